The highest BCUT2D eigenvalue weighted by molar-refractivity contribution is 7.99. The van der Waals surface area contributed by atoms with Gasteiger partial charge in [0, 0.05) is 6.07 Å². The van der Waals surface area contributed by atoms with Crippen molar-refractivity contribution in [2.24, 2.45) is 0 Å². The number of hydrogen-bond acceptors (Lipinski definition) is 8. The number of para-hydroxylation sites is 3. The third-order valence-corrected chi connectivity index (χ3v) is 6.77. The quantitative estimate of drug-likeness (QED) is 0.276. The molecule has 10 heteroatoms. The van der Waals surface area contributed by atoms with E-state index in [0.29, 0.717) is 44.7 Å². The minimum Gasteiger partial charge on any atom is -0.497 e. The van der Waals surface area contributed by atoms with E-state index in [9.17, 15) is 9.59 Å². The molecule has 0 fully saturated rings. The van der Waals surface area contributed by atoms with Crippen LogP contribution in [0, 0.1) is 0 Å². The average Bonchev–Trinajstić information content (AvgIpc) is 2.93. The molecule has 1 aliphatic rings. The van der Waals surface area contributed by atoms with Crippen LogP contribution in [-0.4, -0.2) is 48.1 Å². The Kier molecular flexibility index (Phi) is 7.18. The third-order valence-electron chi connectivity index (χ3n) is 5.80. The lowest BCUT2D eigenvalue weighted by Gasteiger charge is -2.27. The zero-order valence-electron chi connectivity index (χ0n) is 20.3. The summed E-state index contributed by atoms with van der Waals surface area (Å²) in [6, 6.07) is 19.7. The number of aromatic nitrogens is 2. The Morgan fingerprint density at radius 3 is 2.68 bits per heavy atom. The maximum Gasteiger partial charge on any atom is 0.262 e. The van der Waals surface area contributed by atoms with Crippen molar-refractivity contribution in [1.82, 2.24) is 9.55 Å². The highest BCUT2D eigenvalue weighted by atomic mass is 32.2. The fourth-order valence-electron chi connectivity index (χ4n) is 3.99. The molecule has 0 aliphatic carbocycles. The lowest BCUT2D eigenvalue weighted by molar-refractivity contribution is -0.113. The van der Waals surface area contributed by atoms with E-state index >= 15 is 0 Å². The first kappa shape index (κ1) is 24.5. The van der Waals surface area contributed by atoms with Gasteiger partial charge in [0.1, 0.15) is 18.1 Å². The highest BCUT2D eigenvalue weighted by Gasteiger charge is 2.24. The number of benzene rings is 3. The summed E-state index contributed by atoms with van der Waals surface area (Å²) >= 11 is 1.18. The maximum absolute atomic E-state index is 13.4. The number of hydrogen-bond donors (Lipinski definition) is 1. The van der Waals surface area contributed by atoms with E-state index in [0.717, 1.165) is 0 Å². The van der Waals surface area contributed by atoms with E-state index in [2.05, 4.69) is 10.3 Å². The number of amides is 1. The molecule has 0 saturated carbocycles. The summed E-state index contributed by atoms with van der Waals surface area (Å²) < 4.78 is 24.0. The fourth-order valence-corrected chi connectivity index (χ4v) is 4.80. The minimum atomic E-state index is -0.396. The molecular weight excluding hydrogens is 494 g/mol. The topological polar surface area (TPSA) is 101 Å². The Morgan fingerprint density at radius 1 is 1.08 bits per heavy atom. The van der Waals surface area contributed by atoms with Crippen LogP contribution in [0.2, 0.25) is 0 Å². The first-order valence-corrected chi connectivity index (χ1v) is 12.6. The van der Waals surface area contributed by atoms with Gasteiger partial charge in [-0.15, -0.1) is 0 Å². The van der Waals surface area contributed by atoms with Crippen LogP contribution in [0.3, 0.4) is 0 Å². The van der Waals surface area contributed by atoms with E-state index in [-0.39, 0.29) is 30.4 Å². The molecule has 2 heterocycles. The zero-order valence-corrected chi connectivity index (χ0v) is 21.1. The van der Waals surface area contributed by atoms with E-state index in [4.69, 9.17) is 18.9 Å². The summed E-state index contributed by atoms with van der Waals surface area (Å²) in [7, 11) is 3.08. The van der Waals surface area contributed by atoms with Gasteiger partial charge in [0.25, 0.3) is 5.56 Å². The van der Waals surface area contributed by atoms with Gasteiger partial charge in [0.15, 0.2) is 22.8 Å². The van der Waals surface area contributed by atoms with Gasteiger partial charge in [0.05, 0.1) is 43.1 Å². The van der Waals surface area contributed by atoms with E-state index in [1.807, 2.05) is 30.3 Å². The van der Waals surface area contributed by atoms with Crippen LogP contribution in [0.15, 0.2) is 76.7 Å². The second-order valence-corrected chi connectivity index (χ2v) is 9.17. The molecule has 190 valence electrons. The Bertz CT molecular complexity index is 1510. The van der Waals surface area contributed by atoms with Crippen LogP contribution < -0.4 is 29.8 Å². The van der Waals surface area contributed by atoms with Gasteiger partial charge < -0.3 is 24.3 Å². The van der Waals surface area contributed by atoms with Crippen LogP contribution in [-0.2, 0) is 11.3 Å². The van der Waals surface area contributed by atoms with Crippen molar-refractivity contribution in [3.63, 3.8) is 0 Å². The van der Waals surface area contributed by atoms with Gasteiger partial charge in [-0.25, -0.2) is 4.98 Å². The maximum atomic E-state index is 13.4. The van der Waals surface area contributed by atoms with Crippen LogP contribution >= 0.6 is 11.8 Å². The summed E-state index contributed by atoms with van der Waals surface area (Å²) in [5.41, 5.74) is 0.881. The molecule has 1 N–H and O–H groups in total. The normalized spacial score (nSPS) is 14.3. The van der Waals surface area contributed by atoms with E-state index < -0.39 is 6.10 Å². The van der Waals surface area contributed by atoms with Gasteiger partial charge >= 0.3 is 0 Å². The average molecular weight is 520 g/mol. The molecule has 0 saturated heterocycles. The predicted molar refractivity (Wildman–Crippen MR) is 141 cm³/mol. The van der Waals surface area contributed by atoms with Crippen LogP contribution in [0.5, 0.6) is 23.0 Å². The Balaban J connectivity index is 1.37. The number of fused-ring (bicyclic) bond motifs is 2. The Labute approximate surface area is 217 Å². The minimum absolute atomic E-state index is 0.0326. The fraction of sp³-hybridized carbons (Fsp3) is 0.222. The Hall–Kier alpha value is -4.18. The van der Waals surface area contributed by atoms with Gasteiger partial charge in [-0.3, -0.25) is 14.2 Å². The number of thioether (sulfide) groups is 1. The van der Waals surface area contributed by atoms with E-state index in [1.54, 1.807) is 48.1 Å². The molecule has 3 aromatic carbocycles. The predicted octanol–water partition coefficient (Wildman–Crippen LogP) is 3.98. The number of rotatable bonds is 8. The lowest BCUT2D eigenvalue weighted by Crippen LogP contribution is -2.37. The van der Waals surface area contributed by atoms with Crippen LogP contribution in [0.1, 0.15) is 0 Å². The molecule has 0 unspecified atom stereocenters. The molecule has 0 bridgehead atoms. The zero-order chi connectivity index (χ0) is 25.8. The lowest BCUT2D eigenvalue weighted by atomic mass is 10.2. The first-order valence-electron chi connectivity index (χ1n) is 11.6. The van der Waals surface area contributed by atoms with Crippen LogP contribution in [0.4, 0.5) is 5.69 Å². The number of carbonyl (C=O) groups excluding carboxylic acids is 1. The van der Waals surface area contributed by atoms with Crippen LogP contribution in [0.25, 0.3) is 10.9 Å². The molecule has 5 rings (SSSR count). The standard InChI is InChI=1S/C27H25N3O6S/c1-33-17-11-12-21(24(13-17)34-2)28-25(31)16-37-27-29-20-8-4-3-7-19(20)26(32)30(27)14-18-15-35-22-9-5-6-10-23(22)36-18/h3-13,18H,14-16H2,1-2H3,(H,28,31)/t18-/m0/s1. The molecular formula is C27H25N3O6S. The molecule has 1 aromatic heterocycles. The van der Waals surface area contributed by atoms with Crippen molar-refractivity contribution in [3.05, 3.63) is 77.1 Å². The smallest absolute Gasteiger partial charge is 0.262 e. The number of carbonyl (C=O) groups is 1. The number of nitrogens with zero attached hydrogens (tertiary/aromatic N) is 2. The van der Waals surface area contributed by atoms with Gasteiger partial charge in [0.2, 0.25) is 5.91 Å². The largest absolute Gasteiger partial charge is 0.497 e. The van der Waals surface area contributed by atoms with Crippen molar-refractivity contribution in [2.45, 2.75) is 17.8 Å². The first-order chi connectivity index (χ1) is 18.1. The number of anilines is 1. The molecule has 4 aromatic rings. The summed E-state index contributed by atoms with van der Waals surface area (Å²) in [5, 5.41) is 3.76. The van der Waals surface area contributed by atoms with Gasteiger partial charge in [-0.05, 0) is 36.4 Å². The second-order valence-electron chi connectivity index (χ2n) is 8.23. The molecule has 37 heavy (non-hydrogen) atoms. The van der Waals surface area contributed by atoms with Gasteiger partial charge in [-0.1, -0.05) is 36.0 Å². The van der Waals surface area contributed by atoms with Crippen molar-refractivity contribution in [2.75, 3.05) is 31.9 Å². The molecule has 1 atom stereocenters. The molecule has 0 spiro atoms. The number of methoxy groups -OCH3 is 2. The van der Waals surface area contributed by atoms with Crippen molar-refractivity contribution >= 4 is 34.3 Å². The molecule has 1 amide bonds. The number of nitrogens with one attached hydrogen (secondary N) is 1. The third kappa shape index (κ3) is 5.34. The molecule has 1 aliphatic heterocycles. The van der Waals surface area contributed by atoms with E-state index in [1.165, 1.54) is 18.9 Å². The van der Waals surface area contributed by atoms with Gasteiger partial charge in [-0.2, -0.15) is 0 Å². The second kappa shape index (κ2) is 10.8. The number of ether oxygens (including phenoxy) is 4. The molecule has 0 radical (unpaired) electrons. The molecule has 9 nitrogen and oxygen atoms in total. The SMILES string of the molecule is COc1ccc(NC(=O)CSc2nc3ccccc3c(=O)n2C[C@H]2COc3ccccc3O2)c(OC)c1. The summed E-state index contributed by atoms with van der Waals surface area (Å²) in [6.45, 7) is 0.513. The summed E-state index contributed by atoms with van der Waals surface area (Å²) in [6.07, 6.45) is -0.396. The Morgan fingerprint density at radius 2 is 1.86 bits per heavy atom. The summed E-state index contributed by atoms with van der Waals surface area (Å²) in [4.78, 5) is 30.9. The van der Waals surface area contributed by atoms with Crippen molar-refractivity contribution in [1.29, 1.82) is 0 Å². The van der Waals surface area contributed by atoms with Crippen molar-refractivity contribution < 1.29 is 23.7 Å². The van der Waals surface area contributed by atoms with Crippen molar-refractivity contribution in [3.8, 4) is 23.0 Å². The highest BCUT2D eigenvalue weighted by Crippen LogP contribution is 2.32. The monoisotopic (exact) mass is 519 g/mol. The summed E-state index contributed by atoms with van der Waals surface area (Å²) in [5.74, 6) is 2.16.